The predicted octanol–water partition coefficient (Wildman–Crippen LogP) is 10.8. The standard InChI is InChI=1S/C45H25N5/c46-26-29-14-22-43-39(23-29)38-9-3-6-12-42(38)49(43)44-25-33(19-20-34(44)28-48)31-15-17-32(18-16-31)35-21-13-30(27-47)24-45(35)50-40-10-4-1-7-36(40)37-8-2-5-11-41(37)50/h1-25H. The highest BCUT2D eigenvalue weighted by Gasteiger charge is 2.18. The lowest BCUT2D eigenvalue weighted by atomic mass is 9.97. The number of para-hydroxylation sites is 3. The fraction of sp³-hybridized carbons (Fsp3) is 0. The van der Waals surface area contributed by atoms with Crippen LogP contribution in [0.5, 0.6) is 0 Å². The van der Waals surface area contributed by atoms with Gasteiger partial charge in [0.05, 0.1) is 62.3 Å². The molecule has 0 spiro atoms. The molecule has 0 aliphatic heterocycles. The molecule has 5 heteroatoms. The van der Waals surface area contributed by atoms with Gasteiger partial charge in [0.2, 0.25) is 0 Å². The van der Waals surface area contributed by atoms with E-state index in [-0.39, 0.29) is 0 Å². The minimum atomic E-state index is 0.561. The minimum absolute atomic E-state index is 0.561. The van der Waals surface area contributed by atoms with E-state index in [1.807, 2.05) is 60.7 Å². The third-order valence-electron chi connectivity index (χ3n) is 9.64. The summed E-state index contributed by atoms with van der Waals surface area (Å²) >= 11 is 0. The van der Waals surface area contributed by atoms with Crippen molar-refractivity contribution in [1.82, 2.24) is 9.13 Å². The van der Waals surface area contributed by atoms with Gasteiger partial charge in [-0.2, -0.15) is 15.8 Å². The molecule has 7 aromatic carbocycles. The number of nitriles is 3. The van der Waals surface area contributed by atoms with Crippen molar-refractivity contribution in [3.8, 4) is 51.8 Å². The van der Waals surface area contributed by atoms with Crippen molar-refractivity contribution >= 4 is 43.6 Å². The van der Waals surface area contributed by atoms with Crippen LogP contribution in [0, 0.1) is 34.0 Å². The first kappa shape index (κ1) is 28.8. The molecule has 2 heterocycles. The number of hydrogen-bond acceptors (Lipinski definition) is 3. The molecule has 9 aromatic rings. The number of fused-ring (bicyclic) bond motifs is 6. The van der Waals surface area contributed by atoms with E-state index in [0.29, 0.717) is 16.7 Å². The van der Waals surface area contributed by atoms with E-state index in [0.717, 1.165) is 77.2 Å². The van der Waals surface area contributed by atoms with Gasteiger partial charge >= 0.3 is 0 Å². The minimum Gasteiger partial charge on any atom is -0.309 e. The zero-order valence-electron chi connectivity index (χ0n) is 26.7. The van der Waals surface area contributed by atoms with Crippen molar-refractivity contribution in [3.63, 3.8) is 0 Å². The van der Waals surface area contributed by atoms with Gasteiger partial charge in [0, 0.05) is 27.1 Å². The molecule has 0 saturated carbocycles. The van der Waals surface area contributed by atoms with Crippen LogP contribution in [0.3, 0.4) is 0 Å². The maximum absolute atomic E-state index is 10.2. The van der Waals surface area contributed by atoms with Crippen LogP contribution < -0.4 is 0 Å². The Morgan fingerprint density at radius 2 is 0.860 bits per heavy atom. The Morgan fingerprint density at radius 3 is 1.48 bits per heavy atom. The van der Waals surface area contributed by atoms with Crippen molar-refractivity contribution in [2.24, 2.45) is 0 Å². The first-order chi connectivity index (χ1) is 24.7. The normalized spacial score (nSPS) is 11.1. The van der Waals surface area contributed by atoms with Crippen LogP contribution in [0.1, 0.15) is 16.7 Å². The smallest absolute Gasteiger partial charge is 0.101 e. The molecule has 0 aliphatic rings. The molecule has 230 valence electrons. The number of aromatic nitrogens is 2. The van der Waals surface area contributed by atoms with E-state index in [2.05, 4.69) is 118 Å². The number of benzene rings is 7. The molecule has 0 fully saturated rings. The monoisotopic (exact) mass is 635 g/mol. The molecular weight excluding hydrogens is 611 g/mol. The SMILES string of the molecule is N#Cc1ccc(-c2ccc(-c3ccc(C#N)c(-n4c5ccccc5c5cc(C#N)ccc54)c3)cc2)c(-n2c3ccccc3c3ccccc32)c1. The lowest BCUT2D eigenvalue weighted by Gasteiger charge is -2.15. The fourth-order valence-corrected chi connectivity index (χ4v) is 7.35. The zero-order chi connectivity index (χ0) is 33.8. The molecule has 0 bridgehead atoms. The highest BCUT2D eigenvalue weighted by Crippen LogP contribution is 2.38. The summed E-state index contributed by atoms with van der Waals surface area (Å²) in [6.07, 6.45) is 0. The van der Waals surface area contributed by atoms with Crippen LogP contribution in [0.2, 0.25) is 0 Å². The number of hydrogen-bond donors (Lipinski definition) is 0. The predicted molar refractivity (Wildman–Crippen MR) is 200 cm³/mol. The third kappa shape index (κ3) is 4.38. The maximum Gasteiger partial charge on any atom is 0.101 e. The van der Waals surface area contributed by atoms with Gasteiger partial charge < -0.3 is 9.13 Å². The Morgan fingerprint density at radius 1 is 0.360 bits per heavy atom. The summed E-state index contributed by atoms with van der Waals surface area (Å²) in [4.78, 5) is 0. The second-order valence-corrected chi connectivity index (χ2v) is 12.3. The average Bonchev–Trinajstić information content (AvgIpc) is 3.70. The molecule has 2 aromatic heterocycles. The van der Waals surface area contributed by atoms with Crippen molar-refractivity contribution in [2.45, 2.75) is 0 Å². The van der Waals surface area contributed by atoms with Gasteiger partial charge in [-0.25, -0.2) is 0 Å². The van der Waals surface area contributed by atoms with Gasteiger partial charge in [-0.3, -0.25) is 0 Å². The van der Waals surface area contributed by atoms with Gasteiger partial charge in [-0.15, -0.1) is 0 Å². The fourth-order valence-electron chi connectivity index (χ4n) is 7.35. The van der Waals surface area contributed by atoms with Gasteiger partial charge in [-0.1, -0.05) is 91.0 Å². The summed E-state index contributed by atoms with van der Waals surface area (Å²) in [5, 5.41) is 34.0. The molecule has 50 heavy (non-hydrogen) atoms. The largest absolute Gasteiger partial charge is 0.309 e. The van der Waals surface area contributed by atoms with Crippen molar-refractivity contribution in [2.75, 3.05) is 0 Å². The highest BCUT2D eigenvalue weighted by atomic mass is 15.0. The summed E-state index contributed by atoms with van der Waals surface area (Å²) in [5.41, 5.74) is 11.6. The molecule has 0 N–H and O–H groups in total. The molecule has 9 rings (SSSR count). The van der Waals surface area contributed by atoms with Crippen molar-refractivity contribution < 1.29 is 0 Å². The molecule has 0 aliphatic carbocycles. The van der Waals surface area contributed by atoms with Gasteiger partial charge in [0.25, 0.3) is 0 Å². The topological polar surface area (TPSA) is 81.2 Å². The Kier molecular flexibility index (Phi) is 6.56. The van der Waals surface area contributed by atoms with Crippen LogP contribution in [-0.2, 0) is 0 Å². The molecular formula is C45H25N5. The van der Waals surface area contributed by atoms with E-state index < -0.39 is 0 Å². The van der Waals surface area contributed by atoms with Crippen LogP contribution in [0.25, 0.3) is 77.2 Å². The summed E-state index contributed by atoms with van der Waals surface area (Å²) in [5.74, 6) is 0. The van der Waals surface area contributed by atoms with Crippen molar-refractivity contribution in [1.29, 1.82) is 15.8 Å². The summed E-state index contributed by atoms with van der Waals surface area (Å²) in [6.45, 7) is 0. The molecule has 0 radical (unpaired) electrons. The molecule has 0 unspecified atom stereocenters. The van der Waals surface area contributed by atoms with Crippen molar-refractivity contribution in [3.05, 3.63) is 168 Å². The second-order valence-electron chi connectivity index (χ2n) is 12.3. The van der Waals surface area contributed by atoms with Gasteiger partial charge in [0.15, 0.2) is 0 Å². The highest BCUT2D eigenvalue weighted by molar-refractivity contribution is 6.11. The van der Waals surface area contributed by atoms with Crippen LogP contribution >= 0.6 is 0 Å². The van der Waals surface area contributed by atoms with E-state index in [4.69, 9.17) is 0 Å². The van der Waals surface area contributed by atoms with Crippen LogP contribution in [0.15, 0.2) is 152 Å². The number of nitrogens with zero attached hydrogens (tertiary/aromatic N) is 5. The Balaban J connectivity index is 1.19. The summed E-state index contributed by atoms with van der Waals surface area (Å²) < 4.78 is 4.38. The van der Waals surface area contributed by atoms with Gasteiger partial charge in [-0.05, 0) is 77.4 Å². The second kappa shape index (κ2) is 11.4. The molecule has 5 nitrogen and oxygen atoms in total. The summed E-state index contributed by atoms with van der Waals surface area (Å²) in [7, 11) is 0. The lowest BCUT2D eigenvalue weighted by molar-refractivity contribution is 1.17. The zero-order valence-corrected chi connectivity index (χ0v) is 26.7. The molecule has 0 atom stereocenters. The lowest BCUT2D eigenvalue weighted by Crippen LogP contribution is -1.99. The van der Waals surface area contributed by atoms with E-state index in [9.17, 15) is 15.8 Å². The van der Waals surface area contributed by atoms with E-state index in [1.54, 1.807) is 0 Å². The number of rotatable bonds is 4. The Bertz CT molecular complexity index is 2900. The van der Waals surface area contributed by atoms with E-state index in [1.165, 1.54) is 0 Å². The quantitative estimate of drug-likeness (QED) is 0.193. The molecule has 0 saturated heterocycles. The Hall–Kier alpha value is -7.39. The molecule has 0 amide bonds. The average molecular weight is 636 g/mol. The van der Waals surface area contributed by atoms with E-state index >= 15 is 0 Å². The first-order valence-electron chi connectivity index (χ1n) is 16.3. The Labute approximate surface area is 287 Å². The summed E-state index contributed by atoms with van der Waals surface area (Å²) in [6, 6.07) is 57.8. The third-order valence-corrected chi connectivity index (χ3v) is 9.64. The van der Waals surface area contributed by atoms with Crippen LogP contribution in [-0.4, -0.2) is 9.13 Å². The van der Waals surface area contributed by atoms with Crippen LogP contribution in [0.4, 0.5) is 0 Å². The van der Waals surface area contributed by atoms with Gasteiger partial charge in [0.1, 0.15) is 6.07 Å². The maximum atomic E-state index is 10.2. The first-order valence-corrected chi connectivity index (χ1v) is 16.3.